The highest BCUT2D eigenvalue weighted by molar-refractivity contribution is 7.75. The molecule has 2 nitrogen and oxygen atoms in total. The standard InChI is InChI=1S/C4H11O2PS/c1-3-4(2)7-5-6-8/h4,7-8H,3H2,1-2H3. The van der Waals surface area contributed by atoms with Crippen molar-refractivity contribution >= 4 is 21.7 Å². The first-order chi connectivity index (χ1) is 3.81. The van der Waals surface area contributed by atoms with Crippen LogP contribution in [-0.2, 0) is 9.01 Å². The molecule has 0 heterocycles. The molecule has 0 rings (SSSR count). The predicted octanol–water partition coefficient (Wildman–Crippen LogP) is 2.17. The van der Waals surface area contributed by atoms with E-state index in [-0.39, 0.29) is 0 Å². The van der Waals surface area contributed by atoms with Gasteiger partial charge in [-0.05, 0) is 6.42 Å². The second-order valence-electron chi connectivity index (χ2n) is 1.59. The smallest absolute Gasteiger partial charge is 0.0608 e. The molecule has 0 spiro atoms. The summed E-state index contributed by atoms with van der Waals surface area (Å²) >= 11 is 3.42. The maximum atomic E-state index is 4.58. The van der Waals surface area contributed by atoms with Gasteiger partial charge in [0.15, 0.2) is 0 Å². The minimum Gasteiger partial charge on any atom is -0.206 e. The maximum absolute atomic E-state index is 4.58. The largest absolute Gasteiger partial charge is 0.206 e. The SMILES string of the molecule is CCC(C)POOS. The molecule has 0 aromatic heterocycles. The summed E-state index contributed by atoms with van der Waals surface area (Å²) in [5, 5.41) is 0. The molecule has 4 heteroatoms. The van der Waals surface area contributed by atoms with Gasteiger partial charge in [0.1, 0.15) is 0 Å². The Hall–Kier alpha value is 0.700. The van der Waals surface area contributed by atoms with E-state index in [2.05, 4.69) is 35.8 Å². The molecule has 0 aromatic carbocycles. The van der Waals surface area contributed by atoms with Crippen LogP contribution in [0.4, 0.5) is 0 Å². The Morgan fingerprint density at radius 1 is 1.75 bits per heavy atom. The van der Waals surface area contributed by atoms with Gasteiger partial charge < -0.3 is 0 Å². The van der Waals surface area contributed by atoms with Crippen molar-refractivity contribution in [1.29, 1.82) is 0 Å². The number of rotatable bonds is 4. The molecule has 0 aliphatic rings. The first-order valence-corrected chi connectivity index (χ1v) is 3.89. The lowest BCUT2D eigenvalue weighted by Gasteiger charge is -2.03. The van der Waals surface area contributed by atoms with Crippen molar-refractivity contribution in [1.82, 2.24) is 0 Å². The van der Waals surface area contributed by atoms with Gasteiger partial charge in [-0.1, -0.05) is 13.8 Å². The molecule has 0 fully saturated rings. The maximum Gasteiger partial charge on any atom is 0.0608 e. The van der Waals surface area contributed by atoms with Gasteiger partial charge in [-0.2, -0.15) is 4.33 Å². The molecule has 2 atom stereocenters. The van der Waals surface area contributed by atoms with E-state index >= 15 is 0 Å². The summed E-state index contributed by atoms with van der Waals surface area (Å²) in [6, 6.07) is 0. The fourth-order valence-corrected chi connectivity index (χ4v) is 0.690. The fourth-order valence-electron chi connectivity index (χ4n) is 0.187. The summed E-state index contributed by atoms with van der Waals surface area (Å²) in [6.45, 7) is 4.21. The molecule has 0 radical (unpaired) electrons. The number of hydrogen-bond donors (Lipinski definition) is 1. The molecule has 0 aliphatic heterocycles. The van der Waals surface area contributed by atoms with Crippen LogP contribution in [0.25, 0.3) is 0 Å². The Morgan fingerprint density at radius 3 is 2.75 bits per heavy atom. The van der Waals surface area contributed by atoms with Gasteiger partial charge >= 0.3 is 0 Å². The van der Waals surface area contributed by atoms with Crippen molar-refractivity contribution in [2.24, 2.45) is 0 Å². The summed E-state index contributed by atoms with van der Waals surface area (Å²) in [6.07, 6.45) is 1.12. The topological polar surface area (TPSA) is 18.5 Å². The van der Waals surface area contributed by atoms with E-state index in [1.807, 2.05) is 0 Å². The van der Waals surface area contributed by atoms with Gasteiger partial charge in [-0.3, -0.25) is 0 Å². The predicted molar refractivity (Wildman–Crippen MR) is 39.2 cm³/mol. The molecule has 0 saturated heterocycles. The van der Waals surface area contributed by atoms with Gasteiger partial charge in [0.25, 0.3) is 0 Å². The molecule has 0 bridgehead atoms. The minimum atomic E-state index is 0.407. The van der Waals surface area contributed by atoms with Gasteiger partial charge in [0, 0.05) is 18.6 Å². The third kappa shape index (κ3) is 4.85. The number of thiol groups is 1. The lowest BCUT2D eigenvalue weighted by molar-refractivity contribution is -0.0575. The third-order valence-corrected chi connectivity index (χ3v) is 2.10. The summed E-state index contributed by atoms with van der Waals surface area (Å²) < 4.78 is 8.70. The Labute approximate surface area is 57.4 Å². The molecule has 0 aromatic rings. The molecule has 0 N–H and O–H groups in total. The van der Waals surface area contributed by atoms with Crippen molar-refractivity contribution in [3.8, 4) is 0 Å². The second kappa shape index (κ2) is 5.83. The molecule has 2 unspecified atom stereocenters. The zero-order valence-corrected chi connectivity index (χ0v) is 6.94. The first kappa shape index (κ1) is 8.70. The summed E-state index contributed by atoms with van der Waals surface area (Å²) in [5.74, 6) is 0. The molecule has 0 aliphatic carbocycles. The quantitative estimate of drug-likeness (QED) is 0.220. The average molecular weight is 154 g/mol. The summed E-state index contributed by atoms with van der Waals surface area (Å²) in [4.78, 5) is 0. The van der Waals surface area contributed by atoms with Crippen LogP contribution in [0, 0.1) is 0 Å². The highest BCUT2D eigenvalue weighted by atomic mass is 32.1. The molecular weight excluding hydrogens is 143 g/mol. The van der Waals surface area contributed by atoms with E-state index in [9.17, 15) is 0 Å². The van der Waals surface area contributed by atoms with Crippen molar-refractivity contribution < 1.29 is 9.01 Å². The lowest BCUT2D eigenvalue weighted by atomic mass is 10.4. The summed E-state index contributed by atoms with van der Waals surface area (Å²) in [7, 11) is 0.407. The van der Waals surface area contributed by atoms with E-state index in [0.717, 1.165) is 6.42 Å². The molecule has 8 heavy (non-hydrogen) atoms. The minimum absolute atomic E-state index is 0.407. The fraction of sp³-hybridized carbons (Fsp3) is 1.00. The number of hydrogen-bond acceptors (Lipinski definition) is 3. The van der Waals surface area contributed by atoms with Crippen LogP contribution in [0.5, 0.6) is 0 Å². The lowest BCUT2D eigenvalue weighted by Crippen LogP contribution is -1.89. The monoisotopic (exact) mass is 154 g/mol. The third-order valence-electron chi connectivity index (χ3n) is 0.899. The Kier molecular flexibility index (Phi) is 6.34. The van der Waals surface area contributed by atoms with Crippen molar-refractivity contribution in [3.63, 3.8) is 0 Å². The highest BCUT2D eigenvalue weighted by Gasteiger charge is 1.96. The van der Waals surface area contributed by atoms with E-state index in [1.54, 1.807) is 0 Å². The van der Waals surface area contributed by atoms with Crippen LogP contribution in [-0.4, -0.2) is 5.66 Å². The van der Waals surface area contributed by atoms with Crippen LogP contribution in [0.2, 0.25) is 0 Å². The average Bonchev–Trinajstić information content (AvgIpc) is 1.83. The van der Waals surface area contributed by atoms with Crippen LogP contribution in [0.15, 0.2) is 0 Å². The molecule has 0 amide bonds. The Balaban J connectivity index is 2.86. The van der Waals surface area contributed by atoms with Crippen LogP contribution < -0.4 is 0 Å². The normalized spacial score (nSPS) is 15.4. The van der Waals surface area contributed by atoms with Crippen LogP contribution in [0.1, 0.15) is 20.3 Å². The molecular formula is C4H11O2PS. The molecule has 50 valence electrons. The van der Waals surface area contributed by atoms with Gasteiger partial charge in [-0.25, -0.2) is 4.67 Å². The summed E-state index contributed by atoms with van der Waals surface area (Å²) in [5.41, 5.74) is 0.585. The van der Waals surface area contributed by atoms with Crippen LogP contribution >= 0.6 is 21.7 Å². The second-order valence-corrected chi connectivity index (χ2v) is 3.12. The van der Waals surface area contributed by atoms with Gasteiger partial charge in [-0.15, -0.1) is 0 Å². The van der Waals surface area contributed by atoms with Crippen molar-refractivity contribution in [2.75, 3.05) is 0 Å². The Bertz CT molecular complexity index is 53.3. The van der Waals surface area contributed by atoms with E-state index in [4.69, 9.17) is 0 Å². The molecule has 0 saturated carbocycles. The van der Waals surface area contributed by atoms with Crippen molar-refractivity contribution in [3.05, 3.63) is 0 Å². The van der Waals surface area contributed by atoms with Crippen LogP contribution in [0.3, 0.4) is 0 Å². The van der Waals surface area contributed by atoms with Crippen molar-refractivity contribution in [2.45, 2.75) is 25.9 Å². The highest BCUT2D eigenvalue weighted by Crippen LogP contribution is 2.22. The zero-order chi connectivity index (χ0) is 6.41. The van der Waals surface area contributed by atoms with Gasteiger partial charge in [0.05, 0.1) is 8.81 Å². The van der Waals surface area contributed by atoms with E-state index in [1.165, 1.54) is 0 Å². The van der Waals surface area contributed by atoms with Gasteiger partial charge in [0.2, 0.25) is 0 Å². The van der Waals surface area contributed by atoms with E-state index in [0.29, 0.717) is 14.5 Å². The first-order valence-electron chi connectivity index (χ1n) is 2.53. The zero-order valence-electron chi connectivity index (χ0n) is 5.05. The Morgan fingerprint density at radius 2 is 2.38 bits per heavy atom. The van der Waals surface area contributed by atoms with E-state index < -0.39 is 0 Å².